The molecule has 8 nitrogen and oxygen atoms in total. The highest BCUT2D eigenvalue weighted by molar-refractivity contribution is 6.07. The second-order valence-corrected chi connectivity index (χ2v) is 7.80. The molecule has 0 radical (unpaired) electrons. The van der Waals surface area contributed by atoms with E-state index in [-0.39, 0.29) is 18.1 Å². The van der Waals surface area contributed by atoms with Gasteiger partial charge >= 0.3 is 12.4 Å². The number of anilines is 1. The summed E-state index contributed by atoms with van der Waals surface area (Å²) in [6, 6.07) is 2.49. The van der Waals surface area contributed by atoms with E-state index in [9.17, 15) is 35.1 Å². The van der Waals surface area contributed by atoms with Crippen molar-refractivity contribution in [3.63, 3.8) is 0 Å². The van der Waals surface area contributed by atoms with Gasteiger partial charge in [-0.15, -0.1) is 0 Å². The summed E-state index contributed by atoms with van der Waals surface area (Å²) in [5, 5.41) is 8.38. The molecule has 1 aliphatic heterocycles. The molecule has 16 heteroatoms. The second kappa shape index (κ2) is 7.89. The van der Waals surface area contributed by atoms with E-state index in [4.69, 9.17) is 5.73 Å². The smallest absolute Gasteiger partial charge is 0.326 e. The highest BCUT2D eigenvalue weighted by Gasteiger charge is 2.50. The van der Waals surface area contributed by atoms with Crippen molar-refractivity contribution in [3.8, 4) is 0 Å². The van der Waals surface area contributed by atoms with E-state index in [1.165, 1.54) is 6.07 Å². The minimum absolute atomic E-state index is 0.0859. The van der Waals surface area contributed by atoms with Crippen LogP contribution in [0.15, 0.2) is 40.6 Å². The van der Waals surface area contributed by atoms with E-state index in [0.717, 1.165) is 12.4 Å². The highest BCUT2D eigenvalue weighted by Crippen LogP contribution is 2.44. The van der Waals surface area contributed by atoms with E-state index in [2.05, 4.69) is 30.7 Å². The number of hydrogen-bond acceptors (Lipinski definition) is 7. The number of hydrogen-bond donors (Lipinski definition) is 3. The molecule has 2 unspecified atom stereocenters. The van der Waals surface area contributed by atoms with E-state index >= 15 is 0 Å². The monoisotopic (exact) mass is 496 g/mol. The molecule has 0 aromatic carbocycles. The molecule has 0 bridgehead atoms. The summed E-state index contributed by atoms with van der Waals surface area (Å²) in [7, 11) is 0. The fourth-order valence-corrected chi connectivity index (χ4v) is 3.59. The van der Waals surface area contributed by atoms with Crippen molar-refractivity contribution in [3.05, 3.63) is 42.0 Å². The molecule has 0 spiro atoms. The molecular weight excluding hydrogens is 480 g/mol. The zero-order valence-electron chi connectivity index (χ0n) is 16.9. The third kappa shape index (κ3) is 4.95. The van der Waals surface area contributed by atoms with Crippen molar-refractivity contribution < 1.29 is 35.1 Å². The van der Waals surface area contributed by atoms with Gasteiger partial charge in [-0.2, -0.15) is 31.4 Å². The van der Waals surface area contributed by atoms with Crippen molar-refractivity contribution in [2.45, 2.75) is 43.3 Å². The van der Waals surface area contributed by atoms with E-state index in [1.54, 1.807) is 0 Å². The van der Waals surface area contributed by atoms with Gasteiger partial charge in [-0.05, 0) is 24.6 Å². The van der Waals surface area contributed by atoms with Crippen LogP contribution in [0.2, 0.25) is 0 Å². The van der Waals surface area contributed by atoms with Gasteiger partial charge in [-0.25, -0.2) is 23.4 Å². The number of halogens is 8. The van der Waals surface area contributed by atoms with Crippen LogP contribution in [0.25, 0.3) is 0 Å². The SMILES string of the molecule is NC1(C2CCC(F)(F)C2)N=C(Nc2ccnc(C(F)(F)F)c2)NC(n2ccc(C(F)(F)F)n2)=N1. The van der Waals surface area contributed by atoms with Crippen LogP contribution in [-0.4, -0.2) is 38.4 Å². The minimum Gasteiger partial charge on any atom is -0.326 e. The summed E-state index contributed by atoms with van der Waals surface area (Å²) in [6.07, 6.45) is -8.99. The quantitative estimate of drug-likeness (QED) is 0.551. The molecule has 4 rings (SSSR count). The summed E-state index contributed by atoms with van der Waals surface area (Å²) in [5.74, 6) is -6.81. The van der Waals surface area contributed by atoms with Gasteiger partial charge in [-0.3, -0.25) is 16.0 Å². The maximum Gasteiger partial charge on any atom is 0.435 e. The summed E-state index contributed by atoms with van der Waals surface area (Å²) in [5.41, 5.74) is 3.58. The standard InChI is InChI=1S/C18H16F8N8/c19-15(20)4-1-9(8-15)18(27)31-13(29-10-2-5-28-12(7-10)17(24,25)26)30-14(32-18)34-6-3-11(33-34)16(21,22)23/h2-3,5-7,9H,1,4,8,27H2,(H2,28,29,30,31,32). The van der Waals surface area contributed by atoms with Gasteiger partial charge in [0.1, 0.15) is 5.69 Å². The van der Waals surface area contributed by atoms with Crippen LogP contribution >= 0.6 is 0 Å². The topological polar surface area (TPSA) is 106 Å². The summed E-state index contributed by atoms with van der Waals surface area (Å²) in [4.78, 5) is 11.3. The zero-order chi connectivity index (χ0) is 24.9. The van der Waals surface area contributed by atoms with Gasteiger partial charge in [-0.1, -0.05) is 0 Å². The Balaban J connectivity index is 1.69. The lowest BCUT2D eigenvalue weighted by molar-refractivity contribution is -0.142. The molecule has 0 amide bonds. The molecular formula is C18H16F8N8. The van der Waals surface area contributed by atoms with E-state index < -0.39 is 60.2 Å². The first-order valence-electron chi connectivity index (χ1n) is 9.72. The Labute approximate surface area is 186 Å². The van der Waals surface area contributed by atoms with Crippen LogP contribution in [0, 0.1) is 5.92 Å². The average Bonchev–Trinajstić information content (AvgIpc) is 3.34. The van der Waals surface area contributed by atoms with Crippen molar-refractivity contribution >= 4 is 17.6 Å². The Bertz CT molecular complexity index is 1140. The molecule has 1 aliphatic carbocycles. The van der Waals surface area contributed by atoms with Gasteiger partial charge in [0.2, 0.25) is 23.6 Å². The maximum absolute atomic E-state index is 13.8. The third-order valence-electron chi connectivity index (χ3n) is 5.22. The molecule has 1 saturated carbocycles. The number of nitrogens with one attached hydrogen (secondary N) is 2. The van der Waals surface area contributed by atoms with Crippen LogP contribution in [0.5, 0.6) is 0 Å². The first kappa shape index (κ1) is 23.8. The van der Waals surface area contributed by atoms with E-state index in [1.807, 2.05) is 0 Å². The summed E-state index contributed by atoms with van der Waals surface area (Å²) in [6.45, 7) is 0. The molecule has 184 valence electrons. The number of alkyl halides is 8. The van der Waals surface area contributed by atoms with Crippen LogP contribution in [0.4, 0.5) is 40.8 Å². The number of rotatable bonds is 2. The molecule has 4 N–H and O–H groups in total. The maximum atomic E-state index is 13.8. The highest BCUT2D eigenvalue weighted by atomic mass is 19.4. The molecule has 34 heavy (non-hydrogen) atoms. The molecule has 2 atom stereocenters. The number of aromatic nitrogens is 3. The number of nitrogens with zero attached hydrogens (tertiary/aromatic N) is 5. The van der Waals surface area contributed by atoms with Crippen molar-refractivity contribution in [2.75, 3.05) is 5.32 Å². The molecule has 2 aliphatic rings. The lowest BCUT2D eigenvalue weighted by Gasteiger charge is -2.33. The Kier molecular flexibility index (Phi) is 5.53. The first-order valence-corrected chi connectivity index (χ1v) is 9.72. The Hall–Kier alpha value is -3.30. The Morgan fingerprint density at radius 1 is 1.06 bits per heavy atom. The molecule has 0 saturated heterocycles. The largest absolute Gasteiger partial charge is 0.435 e. The Morgan fingerprint density at radius 2 is 1.76 bits per heavy atom. The Morgan fingerprint density at radius 3 is 2.35 bits per heavy atom. The minimum atomic E-state index is -4.77. The van der Waals surface area contributed by atoms with Gasteiger partial charge in [0, 0.05) is 36.8 Å². The molecule has 3 heterocycles. The number of nitrogens with two attached hydrogens (primary N) is 1. The fourth-order valence-electron chi connectivity index (χ4n) is 3.59. The number of pyridine rings is 1. The van der Waals surface area contributed by atoms with Crippen LogP contribution in [0.3, 0.4) is 0 Å². The lowest BCUT2D eigenvalue weighted by Crippen LogP contribution is -2.54. The number of guanidine groups is 1. The van der Waals surface area contributed by atoms with Crippen LogP contribution < -0.4 is 16.4 Å². The fraction of sp³-hybridized carbons (Fsp3) is 0.444. The van der Waals surface area contributed by atoms with Crippen molar-refractivity contribution in [2.24, 2.45) is 21.6 Å². The summed E-state index contributed by atoms with van der Waals surface area (Å²) >= 11 is 0. The molecule has 2 aromatic heterocycles. The number of aliphatic imine (C=N–C) groups is 2. The van der Waals surface area contributed by atoms with Gasteiger partial charge < -0.3 is 5.32 Å². The predicted molar refractivity (Wildman–Crippen MR) is 103 cm³/mol. The predicted octanol–water partition coefficient (Wildman–Crippen LogP) is 3.64. The van der Waals surface area contributed by atoms with Crippen LogP contribution in [0.1, 0.15) is 30.7 Å². The summed E-state index contributed by atoms with van der Waals surface area (Å²) < 4.78 is 106. The third-order valence-corrected chi connectivity index (χ3v) is 5.22. The van der Waals surface area contributed by atoms with E-state index in [0.29, 0.717) is 16.8 Å². The average molecular weight is 496 g/mol. The zero-order valence-corrected chi connectivity index (χ0v) is 16.9. The van der Waals surface area contributed by atoms with Gasteiger partial charge in [0.25, 0.3) is 0 Å². The van der Waals surface area contributed by atoms with Crippen molar-refractivity contribution in [1.82, 2.24) is 20.1 Å². The van der Waals surface area contributed by atoms with Gasteiger partial charge in [0.15, 0.2) is 5.69 Å². The molecule has 2 aromatic rings. The second-order valence-electron chi connectivity index (χ2n) is 7.80. The van der Waals surface area contributed by atoms with Gasteiger partial charge in [0.05, 0.1) is 0 Å². The normalized spacial score (nSPS) is 24.9. The molecule has 1 fully saturated rings. The lowest BCUT2D eigenvalue weighted by atomic mass is 9.99. The van der Waals surface area contributed by atoms with Crippen molar-refractivity contribution in [1.29, 1.82) is 0 Å². The first-order chi connectivity index (χ1) is 15.6. The van der Waals surface area contributed by atoms with Crippen LogP contribution in [-0.2, 0) is 12.4 Å².